The SMILES string of the molecule is CC(C)(CO)CCCNCc1ccc(Br)cc1. The van der Waals surface area contributed by atoms with Crippen LogP contribution in [0.15, 0.2) is 28.7 Å². The lowest BCUT2D eigenvalue weighted by atomic mass is 9.89. The third-order valence-corrected chi connectivity index (χ3v) is 3.41. The second-order valence-electron chi connectivity index (χ2n) is 5.23. The number of rotatable bonds is 7. The molecule has 17 heavy (non-hydrogen) atoms. The number of benzene rings is 1. The summed E-state index contributed by atoms with van der Waals surface area (Å²) in [5.74, 6) is 0. The average molecular weight is 300 g/mol. The maximum atomic E-state index is 9.13. The van der Waals surface area contributed by atoms with Gasteiger partial charge in [0.15, 0.2) is 0 Å². The Morgan fingerprint density at radius 2 is 1.88 bits per heavy atom. The Bertz CT molecular complexity index is 321. The second-order valence-corrected chi connectivity index (χ2v) is 6.14. The summed E-state index contributed by atoms with van der Waals surface area (Å²) >= 11 is 3.42. The van der Waals surface area contributed by atoms with Gasteiger partial charge >= 0.3 is 0 Å². The molecule has 0 atom stereocenters. The highest BCUT2D eigenvalue weighted by atomic mass is 79.9. The molecule has 0 radical (unpaired) electrons. The first-order chi connectivity index (χ1) is 8.03. The molecule has 0 amide bonds. The summed E-state index contributed by atoms with van der Waals surface area (Å²) in [6.45, 7) is 6.37. The van der Waals surface area contributed by atoms with Gasteiger partial charge in [-0.15, -0.1) is 0 Å². The Morgan fingerprint density at radius 3 is 2.47 bits per heavy atom. The fraction of sp³-hybridized carbons (Fsp3) is 0.571. The van der Waals surface area contributed by atoms with Gasteiger partial charge in [0.25, 0.3) is 0 Å². The highest BCUT2D eigenvalue weighted by Crippen LogP contribution is 2.20. The van der Waals surface area contributed by atoms with Gasteiger partial charge in [-0.2, -0.15) is 0 Å². The number of aliphatic hydroxyl groups is 1. The Morgan fingerprint density at radius 1 is 1.24 bits per heavy atom. The standard InChI is InChI=1S/C14H22BrNO/c1-14(2,11-17)8-3-9-16-10-12-4-6-13(15)7-5-12/h4-7,16-17H,3,8-11H2,1-2H3. The number of aliphatic hydroxyl groups excluding tert-OH is 1. The summed E-state index contributed by atoms with van der Waals surface area (Å²) in [6.07, 6.45) is 2.15. The van der Waals surface area contributed by atoms with Crippen LogP contribution in [0.5, 0.6) is 0 Å². The first-order valence-electron chi connectivity index (χ1n) is 6.09. The zero-order valence-corrected chi connectivity index (χ0v) is 12.3. The van der Waals surface area contributed by atoms with Crippen LogP contribution in [0.1, 0.15) is 32.3 Å². The molecular weight excluding hydrogens is 278 g/mol. The molecule has 0 saturated heterocycles. The molecule has 0 aliphatic rings. The highest BCUT2D eigenvalue weighted by Gasteiger charge is 2.14. The van der Waals surface area contributed by atoms with Crippen LogP contribution in [-0.2, 0) is 6.54 Å². The van der Waals surface area contributed by atoms with E-state index in [1.807, 2.05) is 0 Å². The fourth-order valence-corrected chi connectivity index (χ4v) is 1.87. The van der Waals surface area contributed by atoms with Crippen molar-refractivity contribution in [1.82, 2.24) is 5.32 Å². The normalized spacial score (nSPS) is 11.8. The molecule has 0 aliphatic heterocycles. The molecule has 0 heterocycles. The van der Waals surface area contributed by atoms with E-state index in [9.17, 15) is 0 Å². The van der Waals surface area contributed by atoms with Crippen molar-refractivity contribution in [3.8, 4) is 0 Å². The Labute approximate surface area is 113 Å². The van der Waals surface area contributed by atoms with Crippen LogP contribution < -0.4 is 5.32 Å². The second kappa shape index (κ2) is 7.14. The minimum atomic E-state index is 0.0549. The van der Waals surface area contributed by atoms with Crippen molar-refractivity contribution < 1.29 is 5.11 Å². The van der Waals surface area contributed by atoms with Crippen LogP contribution in [0.3, 0.4) is 0 Å². The molecular formula is C14H22BrNO. The predicted molar refractivity (Wildman–Crippen MR) is 75.9 cm³/mol. The lowest BCUT2D eigenvalue weighted by Crippen LogP contribution is -2.20. The molecule has 0 saturated carbocycles. The Kier molecular flexibility index (Phi) is 6.17. The van der Waals surface area contributed by atoms with E-state index >= 15 is 0 Å². The number of halogens is 1. The molecule has 1 aromatic rings. The van der Waals surface area contributed by atoms with Crippen LogP contribution >= 0.6 is 15.9 Å². The maximum absolute atomic E-state index is 9.13. The summed E-state index contributed by atoms with van der Waals surface area (Å²) in [4.78, 5) is 0. The minimum Gasteiger partial charge on any atom is -0.396 e. The minimum absolute atomic E-state index is 0.0549. The van der Waals surface area contributed by atoms with Gasteiger partial charge in [-0.25, -0.2) is 0 Å². The molecule has 1 aromatic carbocycles. The van der Waals surface area contributed by atoms with Gasteiger partial charge in [0.1, 0.15) is 0 Å². The summed E-state index contributed by atoms with van der Waals surface area (Å²) in [5.41, 5.74) is 1.36. The zero-order chi connectivity index (χ0) is 12.7. The Balaban J connectivity index is 2.14. The monoisotopic (exact) mass is 299 g/mol. The van der Waals surface area contributed by atoms with E-state index in [1.54, 1.807) is 0 Å². The van der Waals surface area contributed by atoms with Crippen molar-refractivity contribution in [2.75, 3.05) is 13.2 Å². The number of hydrogen-bond acceptors (Lipinski definition) is 2. The van der Waals surface area contributed by atoms with E-state index in [1.165, 1.54) is 5.56 Å². The number of hydrogen-bond donors (Lipinski definition) is 2. The lowest BCUT2D eigenvalue weighted by molar-refractivity contribution is 0.148. The van der Waals surface area contributed by atoms with E-state index in [0.29, 0.717) is 0 Å². The molecule has 2 nitrogen and oxygen atoms in total. The number of nitrogens with one attached hydrogen (secondary N) is 1. The topological polar surface area (TPSA) is 32.3 Å². The van der Waals surface area contributed by atoms with Gasteiger partial charge in [0.2, 0.25) is 0 Å². The lowest BCUT2D eigenvalue weighted by Gasteiger charge is -2.21. The molecule has 96 valence electrons. The van der Waals surface area contributed by atoms with Crippen molar-refractivity contribution in [1.29, 1.82) is 0 Å². The van der Waals surface area contributed by atoms with Crippen LogP contribution in [0.25, 0.3) is 0 Å². The fourth-order valence-electron chi connectivity index (χ4n) is 1.61. The van der Waals surface area contributed by atoms with E-state index in [4.69, 9.17) is 5.11 Å². The summed E-state index contributed by atoms with van der Waals surface area (Å²) in [7, 11) is 0. The summed E-state index contributed by atoms with van der Waals surface area (Å²) in [5, 5.41) is 12.6. The van der Waals surface area contributed by atoms with Gasteiger partial charge in [0.05, 0.1) is 0 Å². The molecule has 2 N–H and O–H groups in total. The molecule has 0 aliphatic carbocycles. The van der Waals surface area contributed by atoms with Crippen LogP contribution in [0.4, 0.5) is 0 Å². The van der Waals surface area contributed by atoms with Crippen molar-refractivity contribution in [3.05, 3.63) is 34.3 Å². The van der Waals surface area contributed by atoms with E-state index in [0.717, 1.165) is 30.4 Å². The van der Waals surface area contributed by atoms with Gasteiger partial charge in [-0.3, -0.25) is 0 Å². The Hall–Kier alpha value is -0.380. The van der Waals surface area contributed by atoms with Gasteiger partial charge in [0, 0.05) is 17.6 Å². The third kappa shape index (κ3) is 6.20. The van der Waals surface area contributed by atoms with E-state index < -0.39 is 0 Å². The molecule has 3 heteroatoms. The first kappa shape index (κ1) is 14.7. The molecule has 0 fully saturated rings. The van der Waals surface area contributed by atoms with E-state index in [-0.39, 0.29) is 12.0 Å². The third-order valence-electron chi connectivity index (χ3n) is 2.88. The van der Waals surface area contributed by atoms with Crippen molar-refractivity contribution in [2.24, 2.45) is 5.41 Å². The van der Waals surface area contributed by atoms with Gasteiger partial charge in [-0.05, 0) is 42.5 Å². The summed E-state index contributed by atoms with van der Waals surface area (Å²) < 4.78 is 1.12. The predicted octanol–water partition coefficient (Wildman–Crippen LogP) is 3.34. The van der Waals surface area contributed by atoms with Crippen molar-refractivity contribution in [3.63, 3.8) is 0 Å². The molecule has 0 aromatic heterocycles. The molecule has 1 rings (SSSR count). The molecule has 0 spiro atoms. The zero-order valence-electron chi connectivity index (χ0n) is 10.7. The smallest absolute Gasteiger partial charge is 0.0482 e. The molecule has 0 bridgehead atoms. The van der Waals surface area contributed by atoms with Gasteiger partial charge in [-0.1, -0.05) is 41.9 Å². The van der Waals surface area contributed by atoms with Crippen LogP contribution in [0, 0.1) is 5.41 Å². The largest absolute Gasteiger partial charge is 0.396 e. The highest BCUT2D eigenvalue weighted by molar-refractivity contribution is 9.10. The first-order valence-corrected chi connectivity index (χ1v) is 6.89. The van der Waals surface area contributed by atoms with Gasteiger partial charge < -0.3 is 10.4 Å². The van der Waals surface area contributed by atoms with Crippen LogP contribution in [0.2, 0.25) is 0 Å². The average Bonchev–Trinajstić information content (AvgIpc) is 2.31. The van der Waals surface area contributed by atoms with Crippen LogP contribution in [-0.4, -0.2) is 18.3 Å². The van der Waals surface area contributed by atoms with Crippen molar-refractivity contribution >= 4 is 15.9 Å². The van der Waals surface area contributed by atoms with E-state index in [2.05, 4.69) is 59.4 Å². The van der Waals surface area contributed by atoms with Crippen molar-refractivity contribution in [2.45, 2.75) is 33.2 Å². The molecule has 0 unspecified atom stereocenters. The summed E-state index contributed by atoms with van der Waals surface area (Å²) in [6, 6.07) is 8.36. The maximum Gasteiger partial charge on any atom is 0.0482 e. The quantitative estimate of drug-likeness (QED) is 0.757.